The van der Waals surface area contributed by atoms with Crippen LogP contribution in [0.3, 0.4) is 0 Å². The second-order valence-corrected chi connectivity index (χ2v) is 3.77. The smallest absolute Gasteiger partial charge is 0.341 e. The van der Waals surface area contributed by atoms with Crippen LogP contribution >= 0.6 is 11.8 Å². The second-order valence-electron chi connectivity index (χ2n) is 2.56. The number of ether oxygens (including phenoxy) is 1. The van der Waals surface area contributed by atoms with E-state index in [0.29, 0.717) is 5.76 Å². The van der Waals surface area contributed by atoms with E-state index in [1.54, 1.807) is 0 Å². The van der Waals surface area contributed by atoms with Gasteiger partial charge in [-0.05, 0) is 6.42 Å². The van der Waals surface area contributed by atoms with E-state index in [0.717, 1.165) is 6.42 Å². The zero-order valence-electron chi connectivity index (χ0n) is 7.15. The van der Waals surface area contributed by atoms with Gasteiger partial charge in [0, 0.05) is 6.08 Å². The van der Waals surface area contributed by atoms with Gasteiger partial charge in [0.2, 0.25) is 5.12 Å². The standard InChI is InChI=1S/C8H10O4S/c1-2-6-5(3-8(11)13-6)12-4-7(9)10/h3,6H,2,4H2,1H3,(H,9,10). The lowest BCUT2D eigenvalue weighted by Crippen LogP contribution is -2.11. The molecule has 0 saturated carbocycles. The molecule has 1 N–H and O–H groups in total. The molecule has 0 amide bonds. The Kier molecular flexibility index (Phi) is 3.36. The summed E-state index contributed by atoms with van der Waals surface area (Å²) in [4.78, 5) is 21.1. The van der Waals surface area contributed by atoms with Crippen LogP contribution in [0.25, 0.3) is 0 Å². The zero-order chi connectivity index (χ0) is 9.84. The maximum atomic E-state index is 10.9. The summed E-state index contributed by atoms with van der Waals surface area (Å²) in [6.45, 7) is 1.55. The molecule has 0 bridgehead atoms. The first-order valence-corrected chi connectivity index (χ1v) is 4.78. The average molecular weight is 202 g/mol. The van der Waals surface area contributed by atoms with Crippen molar-refractivity contribution in [3.8, 4) is 0 Å². The molecule has 0 aromatic carbocycles. The molecule has 1 unspecified atom stereocenters. The lowest BCUT2D eigenvalue weighted by molar-refractivity contribution is -0.140. The molecule has 0 fully saturated rings. The third-order valence-corrected chi connectivity index (χ3v) is 2.77. The van der Waals surface area contributed by atoms with Gasteiger partial charge in [0.05, 0.1) is 5.25 Å². The van der Waals surface area contributed by atoms with E-state index in [1.165, 1.54) is 17.8 Å². The van der Waals surface area contributed by atoms with Crippen molar-refractivity contribution in [2.75, 3.05) is 6.61 Å². The molecule has 72 valence electrons. The molecule has 0 saturated heterocycles. The molecule has 13 heavy (non-hydrogen) atoms. The Bertz CT molecular complexity index is 259. The summed E-state index contributed by atoms with van der Waals surface area (Å²) in [7, 11) is 0. The monoisotopic (exact) mass is 202 g/mol. The number of carbonyl (C=O) groups is 2. The quantitative estimate of drug-likeness (QED) is 0.737. The number of aliphatic carboxylic acids is 1. The first-order chi connectivity index (χ1) is 6.13. The van der Waals surface area contributed by atoms with Crippen molar-refractivity contribution in [1.29, 1.82) is 0 Å². The molecule has 1 atom stereocenters. The molecule has 1 aliphatic heterocycles. The highest BCUT2D eigenvalue weighted by Crippen LogP contribution is 2.31. The molecule has 0 aliphatic carbocycles. The van der Waals surface area contributed by atoms with Crippen LogP contribution in [0.5, 0.6) is 0 Å². The fourth-order valence-electron chi connectivity index (χ4n) is 1.01. The largest absolute Gasteiger partial charge is 0.485 e. The fourth-order valence-corrected chi connectivity index (χ4v) is 1.89. The van der Waals surface area contributed by atoms with Crippen LogP contribution in [-0.4, -0.2) is 28.0 Å². The molecule has 0 aromatic heterocycles. The number of hydrogen-bond donors (Lipinski definition) is 1. The van der Waals surface area contributed by atoms with E-state index in [1.807, 2.05) is 6.92 Å². The summed E-state index contributed by atoms with van der Waals surface area (Å²) in [5, 5.41) is 8.28. The van der Waals surface area contributed by atoms with Crippen LogP contribution in [0.1, 0.15) is 13.3 Å². The fraction of sp³-hybridized carbons (Fsp3) is 0.500. The SMILES string of the molecule is CCC1SC(=O)C=C1OCC(=O)O. The summed E-state index contributed by atoms with van der Waals surface area (Å²) in [5.41, 5.74) is 0. The van der Waals surface area contributed by atoms with Crippen molar-refractivity contribution in [2.45, 2.75) is 18.6 Å². The Balaban J connectivity index is 2.51. The number of carboxylic acids is 1. The Hall–Kier alpha value is -0.970. The third kappa shape index (κ3) is 2.77. The van der Waals surface area contributed by atoms with E-state index in [-0.39, 0.29) is 17.0 Å². The second kappa shape index (κ2) is 4.32. The van der Waals surface area contributed by atoms with Gasteiger partial charge in [-0.2, -0.15) is 0 Å². The first-order valence-electron chi connectivity index (χ1n) is 3.90. The summed E-state index contributed by atoms with van der Waals surface area (Å²) in [6, 6.07) is 0. The molecule has 0 radical (unpaired) electrons. The van der Waals surface area contributed by atoms with Gasteiger partial charge in [0.25, 0.3) is 0 Å². The maximum absolute atomic E-state index is 10.9. The lowest BCUT2D eigenvalue weighted by atomic mass is 10.3. The van der Waals surface area contributed by atoms with Crippen molar-refractivity contribution in [3.63, 3.8) is 0 Å². The highest BCUT2D eigenvalue weighted by molar-refractivity contribution is 8.15. The van der Waals surface area contributed by atoms with Crippen molar-refractivity contribution in [3.05, 3.63) is 11.8 Å². The van der Waals surface area contributed by atoms with Gasteiger partial charge in [-0.1, -0.05) is 18.7 Å². The first kappa shape index (κ1) is 10.1. The zero-order valence-corrected chi connectivity index (χ0v) is 7.97. The minimum absolute atomic E-state index is 0.00755. The molecular formula is C8H10O4S. The van der Waals surface area contributed by atoms with Gasteiger partial charge in [-0.25, -0.2) is 4.79 Å². The van der Waals surface area contributed by atoms with Crippen molar-refractivity contribution < 1.29 is 19.4 Å². The number of hydrogen-bond acceptors (Lipinski definition) is 4. The minimum atomic E-state index is -1.03. The molecule has 5 heteroatoms. The van der Waals surface area contributed by atoms with Crippen LogP contribution in [-0.2, 0) is 14.3 Å². The van der Waals surface area contributed by atoms with Gasteiger partial charge in [-0.15, -0.1) is 0 Å². The topological polar surface area (TPSA) is 63.6 Å². The third-order valence-electron chi connectivity index (χ3n) is 1.57. The van der Waals surface area contributed by atoms with Gasteiger partial charge in [0.1, 0.15) is 5.76 Å². The van der Waals surface area contributed by atoms with Crippen LogP contribution in [0.2, 0.25) is 0 Å². The van der Waals surface area contributed by atoms with E-state index in [9.17, 15) is 9.59 Å². The Morgan fingerprint density at radius 2 is 2.46 bits per heavy atom. The van der Waals surface area contributed by atoms with Crippen molar-refractivity contribution >= 4 is 22.8 Å². The molecule has 0 spiro atoms. The molecule has 1 heterocycles. The number of carboxylic acid groups (broad SMARTS) is 1. The van der Waals surface area contributed by atoms with Crippen molar-refractivity contribution in [1.82, 2.24) is 0 Å². The van der Waals surface area contributed by atoms with Gasteiger partial charge in [0.15, 0.2) is 6.61 Å². The maximum Gasteiger partial charge on any atom is 0.341 e. The predicted octanol–water partition coefficient (Wildman–Crippen LogP) is 1.02. The van der Waals surface area contributed by atoms with E-state index in [2.05, 4.69) is 0 Å². The Labute approximate surface area is 80.0 Å². The molecule has 1 aliphatic rings. The number of rotatable bonds is 4. The summed E-state index contributed by atoms with van der Waals surface area (Å²) >= 11 is 1.18. The van der Waals surface area contributed by atoms with Gasteiger partial charge >= 0.3 is 5.97 Å². The Morgan fingerprint density at radius 3 is 3.00 bits per heavy atom. The highest BCUT2D eigenvalue weighted by atomic mass is 32.2. The molecule has 4 nitrogen and oxygen atoms in total. The minimum Gasteiger partial charge on any atom is -0.485 e. The predicted molar refractivity (Wildman–Crippen MR) is 48.3 cm³/mol. The summed E-state index contributed by atoms with van der Waals surface area (Å²) in [6.07, 6.45) is 2.13. The lowest BCUT2D eigenvalue weighted by Gasteiger charge is -2.10. The van der Waals surface area contributed by atoms with Crippen LogP contribution in [0, 0.1) is 0 Å². The normalized spacial score (nSPS) is 21.5. The Morgan fingerprint density at radius 1 is 1.77 bits per heavy atom. The van der Waals surface area contributed by atoms with Crippen LogP contribution in [0.15, 0.2) is 11.8 Å². The van der Waals surface area contributed by atoms with E-state index >= 15 is 0 Å². The molecular weight excluding hydrogens is 192 g/mol. The average Bonchev–Trinajstić information content (AvgIpc) is 2.42. The molecule has 0 aromatic rings. The van der Waals surface area contributed by atoms with Crippen LogP contribution in [0.4, 0.5) is 0 Å². The number of thioether (sulfide) groups is 1. The number of carbonyl (C=O) groups excluding carboxylic acids is 1. The van der Waals surface area contributed by atoms with E-state index in [4.69, 9.17) is 9.84 Å². The summed E-state index contributed by atoms with van der Waals surface area (Å²) < 4.78 is 4.96. The van der Waals surface area contributed by atoms with Crippen LogP contribution < -0.4 is 0 Å². The van der Waals surface area contributed by atoms with Gasteiger partial charge in [-0.3, -0.25) is 4.79 Å². The van der Waals surface area contributed by atoms with E-state index < -0.39 is 5.97 Å². The summed E-state index contributed by atoms with van der Waals surface area (Å²) in [5.74, 6) is -0.542. The van der Waals surface area contributed by atoms with Gasteiger partial charge < -0.3 is 9.84 Å². The van der Waals surface area contributed by atoms with Crippen molar-refractivity contribution in [2.24, 2.45) is 0 Å². The highest BCUT2D eigenvalue weighted by Gasteiger charge is 2.25. The molecule has 1 rings (SSSR count).